The fraction of sp³-hybridized carbons (Fsp3) is 0.364. The van der Waals surface area contributed by atoms with Gasteiger partial charge in [-0.05, 0) is 24.6 Å². The molecule has 1 aromatic rings. The molecule has 15 heavy (non-hydrogen) atoms. The summed E-state index contributed by atoms with van der Waals surface area (Å²) in [5.74, 6) is -0.400. The second-order valence-corrected chi connectivity index (χ2v) is 4.55. The minimum Gasteiger partial charge on any atom is -0.309 e. The zero-order valence-corrected chi connectivity index (χ0v) is 9.30. The molecular weight excluding hydrogens is 213 g/mol. The summed E-state index contributed by atoms with van der Waals surface area (Å²) < 4.78 is 13.6. The normalized spacial score (nSPS) is 21.1. The first-order valence-electron chi connectivity index (χ1n) is 4.82. The summed E-state index contributed by atoms with van der Waals surface area (Å²) in [6.07, 6.45) is 0.385. The van der Waals surface area contributed by atoms with E-state index in [1.807, 2.05) is 6.92 Å². The van der Waals surface area contributed by atoms with Crippen LogP contribution in [-0.2, 0) is 4.79 Å². The molecule has 0 saturated carbocycles. The van der Waals surface area contributed by atoms with Crippen LogP contribution in [0.4, 0.5) is 10.1 Å². The Morgan fingerprint density at radius 3 is 2.80 bits per heavy atom. The molecule has 1 saturated heterocycles. The van der Waals surface area contributed by atoms with E-state index >= 15 is 0 Å². The predicted octanol–water partition coefficient (Wildman–Crippen LogP) is 2.17. The fourth-order valence-electron chi connectivity index (χ4n) is 1.75. The molecule has 1 unspecified atom stereocenters. The van der Waals surface area contributed by atoms with Gasteiger partial charge in [0.2, 0.25) is 5.91 Å². The maximum Gasteiger partial charge on any atom is 0.228 e. The molecule has 1 amide bonds. The van der Waals surface area contributed by atoms with E-state index in [4.69, 9.17) is 0 Å². The van der Waals surface area contributed by atoms with E-state index in [2.05, 4.69) is 12.6 Å². The zero-order valence-electron chi connectivity index (χ0n) is 8.40. The van der Waals surface area contributed by atoms with Crippen LogP contribution >= 0.6 is 12.6 Å². The van der Waals surface area contributed by atoms with Crippen molar-refractivity contribution in [3.8, 4) is 0 Å². The van der Waals surface area contributed by atoms with Gasteiger partial charge in [-0.1, -0.05) is 6.07 Å². The summed E-state index contributed by atoms with van der Waals surface area (Å²) in [6, 6.07) is 4.89. The summed E-state index contributed by atoms with van der Waals surface area (Å²) >= 11 is 4.23. The molecule has 2 nitrogen and oxygen atoms in total. The van der Waals surface area contributed by atoms with Gasteiger partial charge in [-0.15, -0.1) is 0 Å². The summed E-state index contributed by atoms with van der Waals surface area (Å²) in [5.41, 5.74) is 1.22. The van der Waals surface area contributed by atoms with E-state index in [0.717, 1.165) is 5.56 Å². The van der Waals surface area contributed by atoms with Gasteiger partial charge in [-0.25, -0.2) is 4.39 Å². The number of amides is 1. The lowest BCUT2D eigenvalue weighted by Gasteiger charge is -2.16. The molecule has 1 atom stereocenters. The van der Waals surface area contributed by atoms with E-state index < -0.39 is 0 Å². The summed E-state index contributed by atoms with van der Waals surface area (Å²) in [5, 5.41) is 0.0122. The molecule has 0 bridgehead atoms. The van der Waals surface area contributed by atoms with E-state index in [1.54, 1.807) is 12.1 Å². The highest BCUT2D eigenvalue weighted by Crippen LogP contribution is 2.26. The number of rotatable bonds is 1. The first-order chi connectivity index (χ1) is 7.08. The Morgan fingerprint density at radius 2 is 2.27 bits per heavy atom. The Kier molecular flexibility index (Phi) is 2.69. The molecule has 0 radical (unpaired) electrons. The van der Waals surface area contributed by atoms with Crippen molar-refractivity contribution in [1.82, 2.24) is 0 Å². The number of anilines is 1. The quantitative estimate of drug-likeness (QED) is 0.726. The molecule has 1 aromatic carbocycles. The van der Waals surface area contributed by atoms with Crippen LogP contribution in [0.25, 0.3) is 0 Å². The van der Waals surface area contributed by atoms with Crippen molar-refractivity contribution in [2.75, 3.05) is 11.4 Å². The molecule has 1 fully saturated rings. The van der Waals surface area contributed by atoms with Crippen molar-refractivity contribution >= 4 is 24.2 Å². The summed E-state index contributed by atoms with van der Waals surface area (Å²) in [7, 11) is 0. The highest BCUT2D eigenvalue weighted by Gasteiger charge is 2.29. The molecular formula is C11H12FNOS. The monoisotopic (exact) mass is 225 g/mol. The molecule has 1 aliphatic rings. The van der Waals surface area contributed by atoms with E-state index in [-0.39, 0.29) is 17.0 Å². The van der Waals surface area contributed by atoms with Gasteiger partial charge in [-0.2, -0.15) is 12.6 Å². The Morgan fingerprint density at radius 1 is 1.53 bits per heavy atom. The van der Waals surface area contributed by atoms with Crippen LogP contribution in [0.5, 0.6) is 0 Å². The van der Waals surface area contributed by atoms with Crippen molar-refractivity contribution in [3.05, 3.63) is 29.6 Å². The van der Waals surface area contributed by atoms with Gasteiger partial charge in [0, 0.05) is 18.2 Å². The van der Waals surface area contributed by atoms with Gasteiger partial charge < -0.3 is 4.90 Å². The number of hydrogen-bond donors (Lipinski definition) is 1. The number of halogens is 1. The number of thiol groups is 1. The smallest absolute Gasteiger partial charge is 0.228 e. The molecule has 2 rings (SSSR count). The Labute approximate surface area is 93.5 Å². The fourth-order valence-corrected chi connectivity index (χ4v) is 2.07. The van der Waals surface area contributed by atoms with Gasteiger partial charge in [-0.3, -0.25) is 4.79 Å². The number of benzene rings is 1. The standard InChI is InChI=1S/C11H12FNOS/c1-7-2-3-10(9(12)4-7)13-6-8(15)5-11(13)14/h2-4,8,15H,5-6H2,1H3. The van der Waals surface area contributed by atoms with Crippen LogP contribution in [0.1, 0.15) is 12.0 Å². The number of hydrogen-bond acceptors (Lipinski definition) is 2. The summed E-state index contributed by atoms with van der Waals surface area (Å²) in [6.45, 7) is 2.31. The van der Waals surface area contributed by atoms with Gasteiger partial charge >= 0.3 is 0 Å². The first kappa shape index (κ1) is 10.5. The Hall–Kier alpha value is -1.03. The average Bonchev–Trinajstić information content (AvgIpc) is 2.45. The van der Waals surface area contributed by atoms with Crippen LogP contribution in [0.15, 0.2) is 18.2 Å². The second kappa shape index (κ2) is 3.85. The van der Waals surface area contributed by atoms with Crippen molar-refractivity contribution in [3.63, 3.8) is 0 Å². The molecule has 0 aliphatic carbocycles. The number of aryl methyl sites for hydroxylation is 1. The van der Waals surface area contributed by atoms with Crippen molar-refractivity contribution in [1.29, 1.82) is 0 Å². The van der Waals surface area contributed by atoms with Gasteiger partial charge in [0.05, 0.1) is 5.69 Å². The van der Waals surface area contributed by atoms with Gasteiger partial charge in [0.25, 0.3) is 0 Å². The number of nitrogens with zero attached hydrogens (tertiary/aromatic N) is 1. The van der Waals surface area contributed by atoms with Crippen LogP contribution < -0.4 is 4.90 Å². The largest absolute Gasteiger partial charge is 0.309 e. The number of carbonyl (C=O) groups is 1. The highest BCUT2D eigenvalue weighted by atomic mass is 32.1. The minimum atomic E-state index is -0.342. The molecule has 1 heterocycles. The second-order valence-electron chi connectivity index (χ2n) is 3.82. The number of carbonyl (C=O) groups excluding carboxylic acids is 1. The van der Waals surface area contributed by atoms with Crippen molar-refractivity contribution in [2.24, 2.45) is 0 Å². The van der Waals surface area contributed by atoms with Crippen LogP contribution in [0.3, 0.4) is 0 Å². The van der Waals surface area contributed by atoms with Gasteiger partial charge in [0.1, 0.15) is 5.82 Å². The topological polar surface area (TPSA) is 20.3 Å². The molecule has 0 spiro atoms. The maximum absolute atomic E-state index is 13.6. The van der Waals surface area contributed by atoms with Crippen LogP contribution in [0, 0.1) is 12.7 Å². The van der Waals surface area contributed by atoms with E-state index in [9.17, 15) is 9.18 Å². The Bertz CT molecular complexity index is 408. The third-order valence-corrected chi connectivity index (χ3v) is 2.84. The van der Waals surface area contributed by atoms with Crippen molar-refractivity contribution < 1.29 is 9.18 Å². The first-order valence-corrected chi connectivity index (χ1v) is 5.34. The molecule has 80 valence electrons. The Balaban J connectivity index is 2.34. The van der Waals surface area contributed by atoms with E-state index in [1.165, 1.54) is 11.0 Å². The van der Waals surface area contributed by atoms with E-state index in [0.29, 0.717) is 18.7 Å². The maximum atomic E-state index is 13.6. The lowest BCUT2D eigenvalue weighted by Crippen LogP contribution is -2.25. The summed E-state index contributed by atoms with van der Waals surface area (Å²) in [4.78, 5) is 13.0. The predicted molar refractivity (Wildman–Crippen MR) is 60.9 cm³/mol. The molecule has 1 aliphatic heterocycles. The SMILES string of the molecule is Cc1ccc(N2CC(S)CC2=O)c(F)c1. The lowest BCUT2D eigenvalue weighted by molar-refractivity contribution is -0.117. The minimum absolute atomic E-state index is 0.0122. The third-order valence-electron chi connectivity index (χ3n) is 2.50. The van der Waals surface area contributed by atoms with Crippen LogP contribution in [-0.4, -0.2) is 17.7 Å². The molecule has 0 aromatic heterocycles. The van der Waals surface area contributed by atoms with Crippen molar-refractivity contribution in [2.45, 2.75) is 18.6 Å². The molecule has 4 heteroatoms. The lowest BCUT2D eigenvalue weighted by atomic mass is 10.2. The van der Waals surface area contributed by atoms with Crippen LogP contribution in [0.2, 0.25) is 0 Å². The average molecular weight is 225 g/mol. The molecule has 0 N–H and O–H groups in total. The van der Waals surface area contributed by atoms with Gasteiger partial charge in [0.15, 0.2) is 0 Å². The third kappa shape index (κ3) is 2.00. The zero-order chi connectivity index (χ0) is 11.0. The highest BCUT2D eigenvalue weighted by molar-refractivity contribution is 7.81.